The predicted molar refractivity (Wildman–Crippen MR) is 59.6 cm³/mol. The topological polar surface area (TPSA) is 101 Å². The first-order chi connectivity index (χ1) is 7.90. The second-order valence-corrected chi connectivity index (χ2v) is 4.38. The molecule has 7 nitrogen and oxygen atoms in total. The summed E-state index contributed by atoms with van der Waals surface area (Å²) in [5, 5.41) is 2.59. The molecule has 0 atom stereocenters. The normalized spacial score (nSPS) is 18.4. The smallest absolute Gasteiger partial charge is 0.325 e. The number of nitrogens with one attached hydrogen (secondary N) is 1. The summed E-state index contributed by atoms with van der Waals surface area (Å²) in [5.74, 6) is 0.0207. The minimum absolute atomic E-state index is 0.0986. The molecule has 90 valence electrons. The van der Waals surface area contributed by atoms with Crippen LogP contribution in [0.5, 0.6) is 0 Å². The Morgan fingerprint density at radius 2 is 2.06 bits per heavy atom. The van der Waals surface area contributed by atoms with Gasteiger partial charge in [-0.25, -0.2) is 9.78 Å². The highest BCUT2D eigenvalue weighted by Gasteiger charge is 2.44. The maximum atomic E-state index is 11.9. The van der Waals surface area contributed by atoms with Crippen molar-refractivity contribution in [1.82, 2.24) is 20.2 Å². The van der Waals surface area contributed by atoms with Crippen molar-refractivity contribution in [1.29, 1.82) is 0 Å². The molecule has 0 bridgehead atoms. The van der Waals surface area contributed by atoms with Crippen molar-refractivity contribution in [2.75, 3.05) is 5.73 Å². The Bertz CT molecular complexity index is 468. The number of hydrogen-bond donors (Lipinski definition) is 2. The average molecular weight is 235 g/mol. The van der Waals surface area contributed by atoms with Crippen LogP contribution in [0.25, 0.3) is 0 Å². The summed E-state index contributed by atoms with van der Waals surface area (Å²) in [6, 6.07) is -0.418. The molecule has 1 aromatic heterocycles. The number of carbonyl (C=O) groups is 2. The second-order valence-electron chi connectivity index (χ2n) is 4.38. The van der Waals surface area contributed by atoms with E-state index in [9.17, 15) is 9.59 Å². The van der Waals surface area contributed by atoms with Crippen LogP contribution >= 0.6 is 0 Å². The minimum atomic E-state index is -0.863. The maximum absolute atomic E-state index is 11.9. The van der Waals surface area contributed by atoms with Crippen LogP contribution in [0, 0.1) is 0 Å². The van der Waals surface area contributed by atoms with E-state index in [1.165, 1.54) is 12.4 Å². The highest BCUT2D eigenvalue weighted by molar-refractivity contribution is 6.06. The molecule has 3 amide bonds. The number of carbonyl (C=O) groups excluding carboxylic acids is 2. The van der Waals surface area contributed by atoms with Crippen molar-refractivity contribution in [3.8, 4) is 0 Å². The van der Waals surface area contributed by atoms with E-state index in [1.54, 1.807) is 13.8 Å². The van der Waals surface area contributed by atoms with Crippen molar-refractivity contribution in [3.63, 3.8) is 0 Å². The van der Waals surface area contributed by atoms with E-state index >= 15 is 0 Å². The van der Waals surface area contributed by atoms with E-state index in [4.69, 9.17) is 5.73 Å². The molecule has 0 spiro atoms. The van der Waals surface area contributed by atoms with Gasteiger partial charge >= 0.3 is 6.03 Å². The summed E-state index contributed by atoms with van der Waals surface area (Å²) < 4.78 is 0. The fraction of sp³-hybridized carbons (Fsp3) is 0.400. The van der Waals surface area contributed by atoms with Crippen molar-refractivity contribution in [2.45, 2.75) is 25.9 Å². The van der Waals surface area contributed by atoms with Gasteiger partial charge < -0.3 is 11.1 Å². The van der Waals surface area contributed by atoms with Gasteiger partial charge in [-0.05, 0) is 13.8 Å². The maximum Gasteiger partial charge on any atom is 0.325 e. The van der Waals surface area contributed by atoms with Crippen LogP contribution in [0.2, 0.25) is 0 Å². The number of aromatic nitrogens is 2. The van der Waals surface area contributed by atoms with Crippen molar-refractivity contribution in [2.24, 2.45) is 0 Å². The fourth-order valence-corrected chi connectivity index (χ4v) is 1.57. The fourth-order valence-electron chi connectivity index (χ4n) is 1.57. The number of urea groups is 1. The van der Waals surface area contributed by atoms with Gasteiger partial charge in [-0.2, -0.15) is 0 Å². The molecule has 17 heavy (non-hydrogen) atoms. The molecule has 0 radical (unpaired) electrons. The zero-order valence-corrected chi connectivity index (χ0v) is 9.60. The van der Waals surface area contributed by atoms with Gasteiger partial charge in [-0.1, -0.05) is 0 Å². The third kappa shape index (κ3) is 2.03. The van der Waals surface area contributed by atoms with E-state index in [-0.39, 0.29) is 12.5 Å². The number of anilines is 1. The molecular weight excluding hydrogens is 222 g/mol. The summed E-state index contributed by atoms with van der Waals surface area (Å²) in [5.41, 5.74) is 5.05. The van der Waals surface area contributed by atoms with Crippen LogP contribution in [0.3, 0.4) is 0 Å². The predicted octanol–water partition coefficient (Wildman–Crippen LogP) is -0.111. The molecule has 0 aromatic carbocycles. The van der Waals surface area contributed by atoms with Gasteiger partial charge in [0.15, 0.2) is 0 Å². The van der Waals surface area contributed by atoms with E-state index in [0.717, 1.165) is 4.90 Å². The van der Waals surface area contributed by atoms with Crippen LogP contribution in [0.15, 0.2) is 12.4 Å². The van der Waals surface area contributed by atoms with Crippen LogP contribution in [-0.4, -0.2) is 32.3 Å². The van der Waals surface area contributed by atoms with Crippen LogP contribution in [0.1, 0.15) is 19.5 Å². The summed E-state index contributed by atoms with van der Waals surface area (Å²) >= 11 is 0. The van der Waals surface area contributed by atoms with Crippen molar-refractivity contribution in [3.05, 3.63) is 18.1 Å². The van der Waals surface area contributed by atoms with Gasteiger partial charge in [-0.15, -0.1) is 0 Å². The lowest BCUT2D eigenvalue weighted by molar-refractivity contribution is -0.130. The van der Waals surface area contributed by atoms with E-state index in [2.05, 4.69) is 15.3 Å². The Kier molecular flexibility index (Phi) is 2.45. The molecule has 0 unspecified atom stereocenters. The van der Waals surface area contributed by atoms with Crippen LogP contribution in [0.4, 0.5) is 10.6 Å². The van der Waals surface area contributed by atoms with Gasteiger partial charge in [-0.3, -0.25) is 14.7 Å². The highest BCUT2D eigenvalue weighted by atomic mass is 16.2. The first kappa shape index (κ1) is 11.3. The van der Waals surface area contributed by atoms with Crippen LogP contribution in [-0.2, 0) is 11.3 Å². The third-order valence-corrected chi connectivity index (χ3v) is 2.49. The molecule has 2 heterocycles. The quantitative estimate of drug-likeness (QED) is 0.696. The molecule has 1 aliphatic heterocycles. The first-order valence-corrected chi connectivity index (χ1v) is 5.10. The monoisotopic (exact) mass is 235 g/mol. The Labute approximate surface area is 98.0 Å². The Morgan fingerprint density at radius 3 is 2.53 bits per heavy atom. The molecule has 2 rings (SSSR count). The average Bonchev–Trinajstić information content (AvgIpc) is 2.44. The number of nitrogens with zero attached hydrogens (tertiary/aromatic N) is 3. The number of nitrogen functional groups attached to an aromatic ring is 1. The molecule has 3 N–H and O–H groups in total. The van der Waals surface area contributed by atoms with Gasteiger partial charge in [0, 0.05) is 0 Å². The molecule has 0 aliphatic carbocycles. The standard InChI is InChI=1S/C10H13N5O2/c1-10(2)8(16)15(9(17)14-10)5-6-3-13-7(11)4-12-6/h3-4H,5H2,1-2H3,(H2,11,13)(H,14,17). The van der Waals surface area contributed by atoms with E-state index in [1.807, 2.05) is 0 Å². The highest BCUT2D eigenvalue weighted by Crippen LogP contribution is 2.18. The number of nitrogens with two attached hydrogens (primary N) is 1. The van der Waals surface area contributed by atoms with Crippen molar-refractivity contribution < 1.29 is 9.59 Å². The molecule has 1 fully saturated rings. The van der Waals surface area contributed by atoms with Crippen LogP contribution < -0.4 is 11.1 Å². The zero-order valence-electron chi connectivity index (χ0n) is 9.60. The molecule has 1 aromatic rings. The molecule has 7 heteroatoms. The van der Waals surface area contributed by atoms with Gasteiger partial charge in [0.1, 0.15) is 11.4 Å². The molecule has 1 saturated heterocycles. The number of amides is 3. The molecule has 0 saturated carbocycles. The largest absolute Gasteiger partial charge is 0.382 e. The second kappa shape index (κ2) is 3.69. The lowest BCUT2D eigenvalue weighted by Crippen LogP contribution is -2.40. The summed E-state index contributed by atoms with van der Waals surface area (Å²) in [6.45, 7) is 3.41. The SMILES string of the molecule is CC1(C)NC(=O)N(Cc2cnc(N)cn2)C1=O. The number of hydrogen-bond acceptors (Lipinski definition) is 5. The molecular formula is C10H13N5O2. The Morgan fingerprint density at radius 1 is 1.35 bits per heavy atom. The van der Waals surface area contributed by atoms with Gasteiger partial charge in [0.25, 0.3) is 5.91 Å². The number of rotatable bonds is 2. The lowest BCUT2D eigenvalue weighted by atomic mass is 10.1. The Hall–Kier alpha value is -2.18. The lowest BCUT2D eigenvalue weighted by Gasteiger charge is -2.15. The first-order valence-electron chi connectivity index (χ1n) is 5.10. The minimum Gasteiger partial charge on any atom is -0.382 e. The van der Waals surface area contributed by atoms with Gasteiger partial charge in [0.2, 0.25) is 0 Å². The molecule has 1 aliphatic rings. The third-order valence-electron chi connectivity index (χ3n) is 2.49. The number of imide groups is 1. The van der Waals surface area contributed by atoms with E-state index < -0.39 is 11.6 Å². The summed E-state index contributed by atoms with van der Waals surface area (Å²) in [7, 11) is 0. The Balaban J connectivity index is 2.17. The van der Waals surface area contributed by atoms with E-state index in [0.29, 0.717) is 11.5 Å². The summed E-state index contributed by atoms with van der Waals surface area (Å²) in [6.07, 6.45) is 2.83. The zero-order chi connectivity index (χ0) is 12.6. The van der Waals surface area contributed by atoms with Crippen molar-refractivity contribution >= 4 is 17.8 Å². The summed E-state index contributed by atoms with van der Waals surface area (Å²) in [4.78, 5) is 32.4. The van der Waals surface area contributed by atoms with Gasteiger partial charge in [0.05, 0.1) is 24.6 Å².